The second kappa shape index (κ2) is 4.97. The summed E-state index contributed by atoms with van der Waals surface area (Å²) in [7, 11) is -3.56. The summed E-state index contributed by atoms with van der Waals surface area (Å²) in [4.78, 5) is 3.07. The highest BCUT2D eigenvalue weighted by molar-refractivity contribution is 7.89. The van der Waals surface area contributed by atoms with Crippen molar-refractivity contribution < 1.29 is 13.5 Å². The van der Waals surface area contributed by atoms with Gasteiger partial charge in [-0.3, -0.25) is 0 Å². The van der Waals surface area contributed by atoms with Crippen LogP contribution in [0.15, 0.2) is 29.3 Å². The highest BCUT2D eigenvalue weighted by Crippen LogP contribution is 2.24. The minimum atomic E-state index is -3.56. The van der Waals surface area contributed by atoms with E-state index < -0.39 is 10.0 Å². The predicted molar refractivity (Wildman–Crippen MR) is 69.6 cm³/mol. The first-order chi connectivity index (χ1) is 8.54. The van der Waals surface area contributed by atoms with E-state index in [4.69, 9.17) is 10.8 Å². The zero-order valence-electron chi connectivity index (χ0n) is 9.68. The SMILES string of the molecule is Nc1ccc2c(S(=O)(=O)NCCCO)c[nH]c2c1. The minimum absolute atomic E-state index is 0.0487. The fourth-order valence-corrected chi connectivity index (χ4v) is 2.95. The van der Waals surface area contributed by atoms with Crippen LogP contribution in [0.25, 0.3) is 10.9 Å². The molecule has 0 aliphatic carbocycles. The first-order valence-electron chi connectivity index (χ1n) is 5.52. The van der Waals surface area contributed by atoms with E-state index in [1.807, 2.05) is 0 Å². The second-order valence-electron chi connectivity index (χ2n) is 3.93. The third-order valence-corrected chi connectivity index (χ3v) is 4.09. The number of nitrogens with one attached hydrogen (secondary N) is 2. The predicted octanol–water partition coefficient (Wildman–Crippen LogP) is 0.411. The summed E-state index contributed by atoms with van der Waals surface area (Å²) in [6, 6.07) is 5.01. The standard InChI is InChI=1S/C11H15N3O3S/c12-8-2-3-9-10(6-8)13-7-11(9)18(16,17)14-4-1-5-15/h2-3,6-7,13-15H,1,4-5,12H2. The van der Waals surface area contributed by atoms with Crippen molar-refractivity contribution in [1.82, 2.24) is 9.71 Å². The van der Waals surface area contributed by atoms with Crippen LogP contribution in [-0.2, 0) is 10.0 Å². The molecule has 7 heteroatoms. The highest BCUT2D eigenvalue weighted by Gasteiger charge is 2.18. The Labute approximate surface area is 105 Å². The molecule has 98 valence electrons. The molecule has 2 aromatic rings. The van der Waals surface area contributed by atoms with Crippen LogP contribution in [0.3, 0.4) is 0 Å². The van der Waals surface area contributed by atoms with Crippen molar-refractivity contribution in [3.05, 3.63) is 24.4 Å². The fourth-order valence-electron chi connectivity index (χ4n) is 1.70. The Hall–Kier alpha value is -1.57. The van der Waals surface area contributed by atoms with Crippen LogP contribution in [0.4, 0.5) is 5.69 Å². The number of rotatable bonds is 5. The summed E-state index contributed by atoms with van der Waals surface area (Å²) in [5, 5.41) is 9.24. The lowest BCUT2D eigenvalue weighted by atomic mass is 10.2. The molecule has 0 spiro atoms. The van der Waals surface area contributed by atoms with Crippen LogP contribution in [0.5, 0.6) is 0 Å². The second-order valence-corrected chi connectivity index (χ2v) is 5.67. The molecule has 6 nitrogen and oxygen atoms in total. The number of benzene rings is 1. The van der Waals surface area contributed by atoms with Gasteiger partial charge < -0.3 is 15.8 Å². The molecule has 0 aliphatic heterocycles. The molecule has 0 aliphatic rings. The Bertz CT molecular complexity index is 649. The number of aliphatic hydroxyl groups is 1. The van der Waals surface area contributed by atoms with Gasteiger partial charge in [0, 0.05) is 35.9 Å². The lowest BCUT2D eigenvalue weighted by Gasteiger charge is -2.04. The van der Waals surface area contributed by atoms with Crippen LogP contribution >= 0.6 is 0 Å². The van der Waals surface area contributed by atoms with E-state index in [-0.39, 0.29) is 18.0 Å². The van der Waals surface area contributed by atoms with Crippen LogP contribution in [0, 0.1) is 0 Å². The molecule has 0 amide bonds. The van der Waals surface area contributed by atoms with Crippen molar-refractivity contribution in [2.75, 3.05) is 18.9 Å². The van der Waals surface area contributed by atoms with Crippen LogP contribution in [0.1, 0.15) is 6.42 Å². The summed E-state index contributed by atoms with van der Waals surface area (Å²) in [5.74, 6) is 0. The molecule has 0 radical (unpaired) electrons. The van der Waals surface area contributed by atoms with Gasteiger partial charge in [0.2, 0.25) is 10.0 Å². The Balaban J connectivity index is 2.36. The number of hydrogen-bond acceptors (Lipinski definition) is 4. The van der Waals surface area contributed by atoms with Gasteiger partial charge in [-0.1, -0.05) is 0 Å². The van der Waals surface area contributed by atoms with Crippen LogP contribution in [0.2, 0.25) is 0 Å². The maximum Gasteiger partial charge on any atom is 0.242 e. The molecule has 0 saturated carbocycles. The number of aliphatic hydroxyl groups excluding tert-OH is 1. The van der Waals surface area contributed by atoms with Gasteiger partial charge >= 0.3 is 0 Å². The molecule has 1 heterocycles. The molecule has 18 heavy (non-hydrogen) atoms. The van der Waals surface area contributed by atoms with Gasteiger partial charge in [0.1, 0.15) is 4.90 Å². The molecule has 2 rings (SSSR count). The van der Waals surface area contributed by atoms with Crippen LogP contribution in [-0.4, -0.2) is 31.7 Å². The molecule has 1 aromatic carbocycles. The smallest absolute Gasteiger partial charge is 0.242 e. The van der Waals surface area contributed by atoms with Crippen molar-refractivity contribution in [2.45, 2.75) is 11.3 Å². The zero-order valence-corrected chi connectivity index (χ0v) is 10.5. The fraction of sp³-hybridized carbons (Fsp3) is 0.273. The van der Waals surface area contributed by atoms with Crippen LogP contribution < -0.4 is 10.5 Å². The van der Waals surface area contributed by atoms with Crippen molar-refractivity contribution in [2.24, 2.45) is 0 Å². The Morgan fingerprint density at radius 1 is 1.39 bits per heavy atom. The van der Waals surface area contributed by atoms with E-state index in [1.54, 1.807) is 18.2 Å². The van der Waals surface area contributed by atoms with E-state index >= 15 is 0 Å². The molecule has 1 aromatic heterocycles. The average molecular weight is 269 g/mol. The van der Waals surface area contributed by atoms with Gasteiger partial charge in [-0.15, -0.1) is 0 Å². The molecular formula is C11H15N3O3S. The number of aromatic amines is 1. The van der Waals surface area contributed by atoms with Crippen molar-refractivity contribution >= 4 is 26.6 Å². The third-order valence-electron chi connectivity index (χ3n) is 2.58. The topological polar surface area (TPSA) is 108 Å². The monoisotopic (exact) mass is 269 g/mol. The van der Waals surface area contributed by atoms with Crippen molar-refractivity contribution in [3.8, 4) is 0 Å². The number of nitrogen functional groups attached to an aromatic ring is 1. The van der Waals surface area contributed by atoms with Crippen molar-refractivity contribution in [1.29, 1.82) is 0 Å². The molecular weight excluding hydrogens is 254 g/mol. The lowest BCUT2D eigenvalue weighted by molar-refractivity contribution is 0.289. The largest absolute Gasteiger partial charge is 0.399 e. The normalized spacial score (nSPS) is 12.1. The van der Waals surface area contributed by atoms with Gasteiger partial charge in [0.05, 0.1) is 0 Å². The van der Waals surface area contributed by atoms with E-state index in [0.717, 1.165) is 0 Å². The Kier molecular flexibility index (Phi) is 3.55. The van der Waals surface area contributed by atoms with E-state index in [2.05, 4.69) is 9.71 Å². The Morgan fingerprint density at radius 2 is 2.17 bits per heavy atom. The third kappa shape index (κ3) is 2.47. The summed E-state index contributed by atoms with van der Waals surface area (Å²) < 4.78 is 26.5. The van der Waals surface area contributed by atoms with E-state index in [0.29, 0.717) is 23.0 Å². The number of H-pyrrole nitrogens is 1. The number of hydrogen-bond donors (Lipinski definition) is 4. The summed E-state index contributed by atoms with van der Waals surface area (Å²) >= 11 is 0. The van der Waals surface area contributed by atoms with E-state index in [1.165, 1.54) is 6.20 Å². The Morgan fingerprint density at radius 3 is 2.89 bits per heavy atom. The number of sulfonamides is 1. The quantitative estimate of drug-likeness (QED) is 0.465. The van der Waals surface area contributed by atoms with Crippen molar-refractivity contribution in [3.63, 3.8) is 0 Å². The summed E-state index contributed by atoms with van der Waals surface area (Å²) in [6.07, 6.45) is 1.82. The van der Waals surface area contributed by atoms with Gasteiger partial charge in [-0.05, 0) is 24.6 Å². The molecule has 5 N–H and O–H groups in total. The summed E-state index contributed by atoms with van der Waals surface area (Å²) in [5.41, 5.74) is 6.88. The van der Waals surface area contributed by atoms with E-state index in [9.17, 15) is 8.42 Å². The molecule has 0 bridgehead atoms. The lowest BCUT2D eigenvalue weighted by Crippen LogP contribution is -2.25. The minimum Gasteiger partial charge on any atom is -0.399 e. The molecule has 0 saturated heterocycles. The average Bonchev–Trinajstić information content (AvgIpc) is 2.72. The number of fused-ring (bicyclic) bond motifs is 1. The first kappa shape index (κ1) is 12.9. The number of aromatic nitrogens is 1. The highest BCUT2D eigenvalue weighted by atomic mass is 32.2. The zero-order chi connectivity index (χ0) is 13.2. The van der Waals surface area contributed by atoms with Gasteiger partial charge in [0.15, 0.2) is 0 Å². The number of nitrogens with two attached hydrogens (primary N) is 1. The first-order valence-corrected chi connectivity index (χ1v) is 7.00. The maximum absolute atomic E-state index is 12.0. The van der Waals surface area contributed by atoms with Gasteiger partial charge in [-0.2, -0.15) is 0 Å². The maximum atomic E-state index is 12.0. The molecule has 0 fully saturated rings. The molecule has 0 unspecified atom stereocenters. The van der Waals surface area contributed by atoms with Gasteiger partial charge in [0.25, 0.3) is 0 Å². The van der Waals surface area contributed by atoms with Gasteiger partial charge in [-0.25, -0.2) is 13.1 Å². The molecule has 0 atom stereocenters. The number of anilines is 1. The summed E-state index contributed by atoms with van der Waals surface area (Å²) in [6.45, 7) is 0.160.